The van der Waals surface area contributed by atoms with E-state index in [4.69, 9.17) is 0 Å². The van der Waals surface area contributed by atoms with Crippen LogP contribution in [0.3, 0.4) is 0 Å². The van der Waals surface area contributed by atoms with Crippen LogP contribution in [0.2, 0.25) is 0 Å². The molecule has 1 aliphatic carbocycles. The van der Waals surface area contributed by atoms with Gasteiger partial charge in [0.2, 0.25) is 20.0 Å². The van der Waals surface area contributed by atoms with Crippen LogP contribution in [0.25, 0.3) is 0 Å². The summed E-state index contributed by atoms with van der Waals surface area (Å²) in [5, 5.41) is 0. The molecule has 1 fully saturated rings. The third-order valence-electron chi connectivity index (χ3n) is 5.15. The molecule has 1 saturated carbocycles. The molecule has 0 unspecified atom stereocenters. The summed E-state index contributed by atoms with van der Waals surface area (Å²) in [4.78, 5) is 0.531. The Morgan fingerprint density at radius 1 is 0.621 bits per heavy atom. The number of sulfonamides is 2. The fraction of sp³-hybridized carbons (Fsp3) is 0.429. The summed E-state index contributed by atoms with van der Waals surface area (Å²) >= 11 is 0. The number of aryl methyl sites for hydroxylation is 6. The van der Waals surface area contributed by atoms with Gasteiger partial charge in [0.25, 0.3) is 0 Å². The highest BCUT2D eigenvalue weighted by atomic mass is 32.2. The summed E-state index contributed by atoms with van der Waals surface area (Å²) in [5.74, 6) is 0. The monoisotopic (exact) mass is 436 g/mol. The Bertz CT molecular complexity index is 1050. The number of rotatable bonds is 6. The highest BCUT2D eigenvalue weighted by molar-refractivity contribution is 7.90. The predicted octanol–water partition coefficient (Wildman–Crippen LogP) is 2.93. The molecule has 158 valence electrons. The molecule has 0 amide bonds. The average Bonchev–Trinajstić information content (AvgIpc) is 3.19. The van der Waals surface area contributed by atoms with E-state index in [1.165, 1.54) is 0 Å². The van der Waals surface area contributed by atoms with Gasteiger partial charge in [-0.15, -0.1) is 0 Å². The molecule has 2 atom stereocenters. The molecule has 3 rings (SSSR count). The number of benzene rings is 2. The zero-order chi connectivity index (χ0) is 21.7. The van der Waals surface area contributed by atoms with Crippen molar-refractivity contribution in [3.05, 3.63) is 57.6 Å². The van der Waals surface area contributed by atoms with E-state index < -0.39 is 32.1 Å². The van der Waals surface area contributed by atoms with Gasteiger partial charge < -0.3 is 0 Å². The Morgan fingerprint density at radius 3 is 1.17 bits per heavy atom. The zero-order valence-electron chi connectivity index (χ0n) is 17.6. The van der Waals surface area contributed by atoms with Gasteiger partial charge in [0.15, 0.2) is 0 Å². The van der Waals surface area contributed by atoms with E-state index in [1.807, 2.05) is 38.1 Å². The van der Waals surface area contributed by atoms with Gasteiger partial charge in [-0.3, -0.25) is 0 Å². The Morgan fingerprint density at radius 2 is 0.897 bits per heavy atom. The SMILES string of the molecule is Cc1cc(C)c(S(=O)(=O)N[C@H]2C[C@@H]2NS(=O)(=O)c2c(C)cc(C)cc2C)c(C)c1. The maximum absolute atomic E-state index is 12.9. The van der Waals surface area contributed by atoms with E-state index in [2.05, 4.69) is 9.44 Å². The van der Waals surface area contributed by atoms with Crippen LogP contribution in [0.1, 0.15) is 39.8 Å². The lowest BCUT2D eigenvalue weighted by atomic mass is 10.1. The number of hydrogen-bond donors (Lipinski definition) is 2. The van der Waals surface area contributed by atoms with Gasteiger partial charge in [-0.2, -0.15) is 0 Å². The van der Waals surface area contributed by atoms with Crippen molar-refractivity contribution in [3.8, 4) is 0 Å². The molecule has 0 aromatic heterocycles. The van der Waals surface area contributed by atoms with E-state index in [-0.39, 0.29) is 9.79 Å². The summed E-state index contributed by atoms with van der Waals surface area (Å²) < 4.78 is 56.8. The van der Waals surface area contributed by atoms with E-state index >= 15 is 0 Å². The first-order valence-electron chi connectivity index (χ1n) is 9.52. The lowest BCUT2D eigenvalue weighted by Gasteiger charge is -2.15. The van der Waals surface area contributed by atoms with Gasteiger partial charge in [-0.05, 0) is 70.2 Å². The first kappa shape index (κ1) is 22.0. The fourth-order valence-electron chi connectivity index (χ4n) is 4.15. The van der Waals surface area contributed by atoms with Crippen LogP contribution in [0.4, 0.5) is 0 Å². The minimum Gasteiger partial charge on any atom is -0.207 e. The predicted molar refractivity (Wildman–Crippen MR) is 114 cm³/mol. The molecule has 2 N–H and O–H groups in total. The van der Waals surface area contributed by atoms with Gasteiger partial charge in [-0.1, -0.05) is 35.4 Å². The molecule has 0 aliphatic heterocycles. The van der Waals surface area contributed by atoms with Gasteiger partial charge in [0, 0.05) is 12.1 Å². The first-order valence-corrected chi connectivity index (χ1v) is 12.5. The largest absolute Gasteiger partial charge is 0.241 e. The van der Waals surface area contributed by atoms with Gasteiger partial charge >= 0.3 is 0 Å². The smallest absolute Gasteiger partial charge is 0.207 e. The minimum atomic E-state index is -3.74. The standard InChI is InChI=1S/C21H28N2O4S2/c1-12-7-14(3)20(15(4)8-12)28(24,25)22-18-11-19(18)23-29(26,27)21-16(5)9-13(2)10-17(21)6/h7-10,18-19,22-23H,11H2,1-6H3/t18-,19-/m0/s1. The Balaban J connectivity index is 1.77. The van der Waals surface area contributed by atoms with Crippen molar-refractivity contribution in [2.45, 2.75) is 69.8 Å². The van der Waals surface area contributed by atoms with Crippen molar-refractivity contribution in [3.63, 3.8) is 0 Å². The Labute approximate surface area is 173 Å². The first-order chi connectivity index (χ1) is 13.3. The van der Waals surface area contributed by atoms with Crippen LogP contribution in [-0.4, -0.2) is 28.9 Å². The van der Waals surface area contributed by atoms with Crippen LogP contribution < -0.4 is 9.44 Å². The molecular formula is C21H28N2O4S2. The van der Waals surface area contributed by atoms with Crippen molar-refractivity contribution < 1.29 is 16.8 Å². The molecule has 0 heterocycles. The minimum absolute atomic E-state index is 0.266. The fourth-order valence-corrected chi connectivity index (χ4v) is 7.64. The third kappa shape index (κ3) is 4.55. The van der Waals surface area contributed by atoms with Crippen LogP contribution in [0.15, 0.2) is 34.1 Å². The second-order valence-corrected chi connectivity index (χ2v) is 11.4. The normalized spacial score (nSPS) is 19.4. The highest BCUT2D eigenvalue weighted by Gasteiger charge is 2.43. The van der Waals surface area contributed by atoms with Crippen molar-refractivity contribution in [1.82, 2.24) is 9.44 Å². The lowest BCUT2D eigenvalue weighted by Crippen LogP contribution is -2.35. The van der Waals surface area contributed by atoms with Gasteiger partial charge in [0.05, 0.1) is 9.79 Å². The van der Waals surface area contributed by atoms with Crippen LogP contribution >= 0.6 is 0 Å². The summed E-state index contributed by atoms with van der Waals surface area (Å²) in [6.45, 7) is 10.9. The topological polar surface area (TPSA) is 92.3 Å². The summed E-state index contributed by atoms with van der Waals surface area (Å²) in [5.41, 5.74) is 4.72. The van der Waals surface area contributed by atoms with E-state index in [9.17, 15) is 16.8 Å². The second kappa shape index (κ2) is 7.50. The number of hydrogen-bond acceptors (Lipinski definition) is 4. The molecule has 0 radical (unpaired) electrons. The Kier molecular flexibility index (Phi) is 5.68. The van der Waals surface area contributed by atoms with E-state index in [0.29, 0.717) is 28.7 Å². The van der Waals surface area contributed by atoms with Crippen molar-refractivity contribution in [2.24, 2.45) is 0 Å². The lowest BCUT2D eigenvalue weighted by molar-refractivity contribution is 0.568. The zero-order valence-corrected chi connectivity index (χ0v) is 19.3. The van der Waals surface area contributed by atoms with E-state index in [0.717, 1.165) is 11.1 Å². The van der Waals surface area contributed by atoms with Crippen molar-refractivity contribution in [2.75, 3.05) is 0 Å². The number of nitrogens with one attached hydrogen (secondary N) is 2. The molecule has 8 heteroatoms. The molecule has 0 saturated heterocycles. The van der Waals surface area contributed by atoms with E-state index in [1.54, 1.807) is 27.7 Å². The van der Waals surface area contributed by atoms with Gasteiger partial charge in [0.1, 0.15) is 0 Å². The summed E-state index contributed by atoms with van der Waals surface area (Å²) in [6, 6.07) is 6.41. The van der Waals surface area contributed by atoms with Gasteiger partial charge in [-0.25, -0.2) is 26.3 Å². The molecule has 2 aromatic carbocycles. The van der Waals surface area contributed by atoms with Crippen LogP contribution in [0.5, 0.6) is 0 Å². The maximum atomic E-state index is 12.9. The maximum Gasteiger partial charge on any atom is 0.241 e. The highest BCUT2D eigenvalue weighted by Crippen LogP contribution is 2.30. The Hall–Kier alpha value is -1.74. The molecule has 1 aliphatic rings. The average molecular weight is 437 g/mol. The molecule has 0 spiro atoms. The quantitative estimate of drug-likeness (QED) is 0.728. The molecule has 0 bridgehead atoms. The van der Waals surface area contributed by atoms with Crippen molar-refractivity contribution >= 4 is 20.0 Å². The molecule has 29 heavy (non-hydrogen) atoms. The van der Waals surface area contributed by atoms with Crippen molar-refractivity contribution in [1.29, 1.82) is 0 Å². The third-order valence-corrected chi connectivity index (χ3v) is 8.74. The van der Waals surface area contributed by atoms with Crippen LogP contribution in [-0.2, 0) is 20.0 Å². The van der Waals surface area contributed by atoms with Crippen LogP contribution in [0, 0.1) is 41.5 Å². The molecule has 2 aromatic rings. The summed E-state index contributed by atoms with van der Waals surface area (Å²) in [6.07, 6.45) is 0.423. The molecule has 6 nitrogen and oxygen atoms in total. The molecular weight excluding hydrogens is 408 g/mol. The summed E-state index contributed by atoms with van der Waals surface area (Å²) in [7, 11) is -7.47. The second-order valence-electron chi connectivity index (χ2n) is 8.15.